The average Bonchev–Trinajstić information content (AvgIpc) is 3.11. The lowest BCUT2D eigenvalue weighted by atomic mass is 10.2. The largest absolute Gasteiger partial charge is 0.491 e. The van der Waals surface area contributed by atoms with E-state index in [1.54, 1.807) is 0 Å². The first-order chi connectivity index (χ1) is 25.6. The second kappa shape index (κ2) is 31.7. The zero-order valence-corrected chi connectivity index (χ0v) is 33.4. The summed E-state index contributed by atoms with van der Waals surface area (Å²) in [6, 6.07) is 16.2. The minimum absolute atomic E-state index is 0.237. The molecule has 0 heterocycles. The highest BCUT2D eigenvalue weighted by molar-refractivity contribution is 5.89. The number of aliphatic hydroxyl groups excluding tert-OH is 2. The fourth-order valence-corrected chi connectivity index (χ4v) is 3.82. The lowest BCUT2D eigenvalue weighted by Gasteiger charge is -2.15. The molecule has 0 radical (unpaired) electrons. The fourth-order valence-electron chi connectivity index (χ4n) is 3.82. The molecule has 6 N–H and O–H groups in total. The third-order valence-corrected chi connectivity index (χ3v) is 6.52. The van der Waals surface area contributed by atoms with E-state index in [1.165, 1.54) is 0 Å². The van der Waals surface area contributed by atoms with Crippen LogP contribution in [-0.4, -0.2) is 122 Å². The third-order valence-electron chi connectivity index (χ3n) is 6.52. The highest BCUT2D eigenvalue weighted by atomic mass is 16.5. The van der Waals surface area contributed by atoms with Gasteiger partial charge in [0, 0.05) is 37.3 Å². The minimum Gasteiger partial charge on any atom is -0.491 e. The Kier molecular flexibility index (Phi) is 29.6. The van der Waals surface area contributed by atoms with Crippen LogP contribution in [0.3, 0.4) is 0 Å². The minimum atomic E-state index is -1.26. The smallest absolute Gasteiger partial charge is 0.328 e. The molecule has 0 aromatic heterocycles. The molecular weight excluding hydrogens is 700 g/mol. The molecule has 54 heavy (non-hydrogen) atoms. The SMILES string of the molecule is CC(C)NCC(O)COc1ccc(COCCOC(C)C)cc1.CC(C)NCC(O)COc1ccc(COCCOC(C)C)cc1.O=C(O)C=CC(=O)O. The molecule has 0 spiro atoms. The normalized spacial score (nSPS) is 12.3. The van der Waals surface area contributed by atoms with Gasteiger partial charge in [-0.2, -0.15) is 0 Å². The number of carboxylic acids is 2. The number of nitrogens with one attached hydrogen (secondary N) is 2. The Morgan fingerprint density at radius 1 is 0.574 bits per heavy atom. The van der Waals surface area contributed by atoms with Gasteiger partial charge in [-0.1, -0.05) is 52.0 Å². The van der Waals surface area contributed by atoms with Crippen molar-refractivity contribution >= 4 is 11.9 Å². The first-order valence-electron chi connectivity index (χ1n) is 18.4. The number of aliphatic carboxylic acids is 2. The van der Waals surface area contributed by atoms with Gasteiger partial charge in [-0.15, -0.1) is 0 Å². The van der Waals surface area contributed by atoms with Gasteiger partial charge in [0.25, 0.3) is 0 Å². The summed E-state index contributed by atoms with van der Waals surface area (Å²) >= 11 is 0. The van der Waals surface area contributed by atoms with Crippen molar-refractivity contribution in [2.24, 2.45) is 0 Å². The standard InChI is InChI=1S/2C18H31NO4.C4H4O4/c2*1-14(2)19-11-17(20)13-23-18-7-5-16(6-8-18)12-21-9-10-22-15(3)4;5-3(6)1-2-4(7)8/h2*5-8,14-15,17,19-20H,9-13H2,1-4H3;1-2H,(H,5,6)(H,7,8). The maximum atomic E-state index is 9.80. The molecule has 2 atom stereocenters. The molecule has 0 amide bonds. The van der Waals surface area contributed by atoms with E-state index < -0.39 is 24.1 Å². The summed E-state index contributed by atoms with van der Waals surface area (Å²) in [5, 5.41) is 41.6. The summed E-state index contributed by atoms with van der Waals surface area (Å²) < 4.78 is 33.1. The van der Waals surface area contributed by atoms with E-state index in [0.717, 1.165) is 22.6 Å². The summed E-state index contributed by atoms with van der Waals surface area (Å²) in [6.07, 6.45) is 0.565. The third kappa shape index (κ3) is 33.0. The van der Waals surface area contributed by atoms with Crippen LogP contribution in [0.15, 0.2) is 60.7 Å². The monoisotopic (exact) mass is 766 g/mol. The second-order valence-electron chi connectivity index (χ2n) is 13.3. The predicted molar refractivity (Wildman–Crippen MR) is 208 cm³/mol. The van der Waals surface area contributed by atoms with Gasteiger partial charge in [-0.3, -0.25) is 0 Å². The van der Waals surface area contributed by atoms with Crippen molar-refractivity contribution in [1.29, 1.82) is 0 Å². The zero-order chi connectivity index (χ0) is 40.7. The Bertz CT molecular complexity index is 1140. The molecule has 0 bridgehead atoms. The van der Waals surface area contributed by atoms with Crippen LogP contribution in [0.2, 0.25) is 0 Å². The van der Waals surface area contributed by atoms with Crippen molar-refractivity contribution in [3.8, 4) is 11.5 Å². The Labute approximate surface area is 321 Å². The van der Waals surface area contributed by atoms with Crippen molar-refractivity contribution in [2.45, 2.75) is 105 Å². The van der Waals surface area contributed by atoms with Crippen molar-refractivity contribution in [1.82, 2.24) is 10.6 Å². The molecule has 2 unspecified atom stereocenters. The molecule has 2 aromatic rings. The molecule has 14 heteroatoms. The van der Waals surface area contributed by atoms with Gasteiger partial charge in [0.1, 0.15) is 36.9 Å². The van der Waals surface area contributed by atoms with E-state index >= 15 is 0 Å². The number of carboxylic acid groups (broad SMARTS) is 2. The molecule has 0 aliphatic heterocycles. The predicted octanol–water partition coefficient (Wildman–Crippen LogP) is 4.44. The first kappa shape index (κ1) is 50.4. The van der Waals surface area contributed by atoms with Crippen LogP contribution in [0.4, 0.5) is 0 Å². The summed E-state index contributed by atoms with van der Waals surface area (Å²) in [4.78, 5) is 19.1. The Balaban J connectivity index is 0.000000867. The van der Waals surface area contributed by atoms with Crippen molar-refractivity contribution in [3.05, 3.63) is 71.8 Å². The van der Waals surface area contributed by atoms with E-state index in [9.17, 15) is 19.8 Å². The summed E-state index contributed by atoms with van der Waals surface area (Å²) in [5.41, 5.74) is 2.17. The van der Waals surface area contributed by atoms with E-state index in [1.807, 2.05) is 104 Å². The summed E-state index contributed by atoms with van der Waals surface area (Å²) in [7, 11) is 0. The van der Waals surface area contributed by atoms with E-state index in [4.69, 9.17) is 38.6 Å². The summed E-state index contributed by atoms with van der Waals surface area (Å²) in [6.45, 7) is 21.4. The van der Waals surface area contributed by atoms with Gasteiger partial charge in [0.15, 0.2) is 0 Å². The fraction of sp³-hybridized carbons (Fsp3) is 0.600. The first-order valence-corrected chi connectivity index (χ1v) is 18.4. The molecule has 2 aromatic carbocycles. The van der Waals surface area contributed by atoms with Crippen molar-refractivity contribution in [3.63, 3.8) is 0 Å². The average molecular weight is 767 g/mol. The number of hydrogen-bond donors (Lipinski definition) is 6. The van der Waals surface area contributed by atoms with Crippen LogP contribution in [0.5, 0.6) is 11.5 Å². The molecule has 0 saturated heterocycles. The Morgan fingerprint density at radius 3 is 1.19 bits per heavy atom. The quantitative estimate of drug-likeness (QED) is 0.0581. The van der Waals surface area contributed by atoms with E-state index in [-0.39, 0.29) is 25.4 Å². The lowest BCUT2D eigenvalue weighted by Crippen LogP contribution is -2.35. The van der Waals surface area contributed by atoms with Gasteiger partial charge >= 0.3 is 11.9 Å². The van der Waals surface area contributed by atoms with Crippen LogP contribution in [0, 0.1) is 0 Å². The molecule has 14 nitrogen and oxygen atoms in total. The number of rotatable bonds is 26. The lowest BCUT2D eigenvalue weighted by molar-refractivity contribution is -0.134. The number of aliphatic hydroxyl groups is 2. The molecule has 0 aliphatic carbocycles. The number of benzene rings is 2. The topological polar surface area (TPSA) is 194 Å². The van der Waals surface area contributed by atoms with Crippen molar-refractivity contribution in [2.75, 3.05) is 52.7 Å². The van der Waals surface area contributed by atoms with Gasteiger partial charge in [-0.05, 0) is 63.1 Å². The maximum absolute atomic E-state index is 9.80. The highest BCUT2D eigenvalue weighted by Gasteiger charge is 2.07. The highest BCUT2D eigenvalue weighted by Crippen LogP contribution is 2.14. The molecule has 2 rings (SSSR count). The Morgan fingerprint density at radius 2 is 0.907 bits per heavy atom. The summed E-state index contributed by atoms with van der Waals surface area (Å²) in [5.74, 6) is -1.01. The molecule has 0 fully saturated rings. The number of ether oxygens (including phenoxy) is 6. The molecular formula is C40H66N2O12. The van der Waals surface area contributed by atoms with Gasteiger partial charge in [0.05, 0.1) is 51.8 Å². The molecule has 0 aliphatic rings. The zero-order valence-electron chi connectivity index (χ0n) is 33.4. The van der Waals surface area contributed by atoms with Crippen LogP contribution in [0.1, 0.15) is 66.5 Å². The molecule has 308 valence electrons. The Hall–Kier alpha value is -3.60. The van der Waals surface area contributed by atoms with Gasteiger partial charge in [-0.25, -0.2) is 9.59 Å². The second-order valence-corrected chi connectivity index (χ2v) is 13.3. The van der Waals surface area contributed by atoms with Crippen molar-refractivity contribution < 1.29 is 58.4 Å². The number of hydrogen-bond acceptors (Lipinski definition) is 12. The van der Waals surface area contributed by atoms with E-state index in [0.29, 0.717) is 77.0 Å². The van der Waals surface area contributed by atoms with Gasteiger partial charge < -0.3 is 59.5 Å². The van der Waals surface area contributed by atoms with Gasteiger partial charge in [0.2, 0.25) is 0 Å². The number of carbonyl (C=O) groups is 2. The molecule has 0 saturated carbocycles. The maximum Gasteiger partial charge on any atom is 0.328 e. The van der Waals surface area contributed by atoms with E-state index in [2.05, 4.69) is 10.6 Å². The van der Waals surface area contributed by atoms with Crippen LogP contribution in [-0.2, 0) is 41.8 Å². The van der Waals surface area contributed by atoms with Crippen LogP contribution in [0.25, 0.3) is 0 Å². The van der Waals surface area contributed by atoms with Crippen LogP contribution >= 0.6 is 0 Å². The van der Waals surface area contributed by atoms with Crippen LogP contribution < -0.4 is 20.1 Å².